The van der Waals surface area contributed by atoms with Crippen LogP contribution in [-0.2, 0) is 23.3 Å². The van der Waals surface area contributed by atoms with Crippen LogP contribution in [0.25, 0.3) is 16.7 Å². The second-order valence-electron chi connectivity index (χ2n) is 13.8. The topological polar surface area (TPSA) is 85.3 Å². The number of benzene rings is 3. The second-order valence-corrected chi connectivity index (χ2v) is 13.8. The standard InChI is InChI=1S/C37H34F9NO6/c1-18-31(20-10-22(35(38,39)40)13-23(11-20)36(41,42)43)53-33(50)47(18)17-21-16-34(2,3)9-8-24(21)27-14-26(28(37(44,45)46)15-30(27)52-5)19-6-7-25(32(48)49)29(12-19)51-4/h6-7,10-15,18,31H,8-9,16-17H2,1-5H3,(H,48,49)/t18-,31-/m0/s1. The van der Waals surface area contributed by atoms with Crippen molar-refractivity contribution in [2.45, 2.75) is 70.7 Å². The molecule has 1 N–H and O–H groups in total. The number of allylic oxidation sites excluding steroid dienone is 1. The summed E-state index contributed by atoms with van der Waals surface area (Å²) < 4.78 is 141. The number of ether oxygens (including phenoxy) is 3. The van der Waals surface area contributed by atoms with Crippen molar-refractivity contribution in [2.75, 3.05) is 20.8 Å². The number of hydrogen-bond acceptors (Lipinski definition) is 5. The number of alkyl halides is 9. The summed E-state index contributed by atoms with van der Waals surface area (Å²) in [6, 6.07) is 5.52. The van der Waals surface area contributed by atoms with Crippen molar-refractivity contribution in [1.82, 2.24) is 4.90 Å². The van der Waals surface area contributed by atoms with Crippen LogP contribution in [0.3, 0.4) is 0 Å². The van der Waals surface area contributed by atoms with Crippen molar-refractivity contribution in [3.05, 3.63) is 87.5 Å². The summed E-state index contributed by atoms with van der Waals surface area (Å²) in [5, 5.41) is 9.51. The highest BCUT2D eigenvalue weighted by atomic mass is 19.4. The summed E-state index contributed by atoms with van der Waals surface area (Å²) in [4.78, 5) is 26.1. The fourth-order valence-electron chi connectivity index (χ4n) is 6.89. The Morgan fingerprint density at radius 1 is 0.868 bits per heavy atom. The lowest BCUT2D eigenvalue weighted by atomic mass is 9.72. The van der Waals surface area contributed by atoms with E-state index in [1.54, 1.807) is 0 Å². The number of carboxylic acids is 1. The molecule has 0 spiro atoms. The molecular formula is C37H34F9NO6. The van der Waals surface area contributed by atoms with Gasteiger partial charge in [0.05, 0.1) is 37.0 Å². The average Bonchev–Trinajstić information content (AvgIpc) is 3.34. The molecule has 286 valence electrons. The fourth-order valence-corrected chi connectivity index (χ4v) is 6.89. The van der Waals surface area contributed by atoms with Crippen molar-refractivity contribution < 1.29 is 68.4 Å². The predicted molar refractivity (Wildman–Crippen MR) is 173 cm³/mol. The van der Waals surface area contributed by atoms with Crippen LogP contribution in [0, 0.1) is 5.41 Å². The van der Waals surface area contributed by atoms with Gasteiger partial charge in [0.15, 0.2) is 0 Å². The Morgan fingerprint density at radius 3 is 2.00 bits per heavy atom. The first kappa shape index (κ1) is 39.3. The average molecular weight is 760 g/mol. The summed E-state index contributed by atoms with van der Waals surface area (Å²) in [6.07, 6.45) is -16.5. The third kappa shape index (κ3) is 8.05. The van der Waals surface area contributed by atoms with Gasteiger partial charge in [0.1, 0.15) is 23.2 Å². The maximum Gasteiger partial charge on any atom is 0.417 e. The summed E-state index contributed by atoms with van der Waals surface area (Å²) in [5.74, 6) is -1.69. The number of cyclic esters (lactones) is 1. The lowest BCUT2D eigenvalue weighted by molar-refractivity contribution is -0.143. The summed E-state index contributed by atoms with van der Waals surface area (Å²) in [5.41, 5.74) is -4.38. The van der Waals surface area contributed by atoms with Gasteiger partial charge in [0, 0.05) is 12.1 Å². The molecule has 1 saturated heterocycles. The molecule has 3 aromatic rings. The summed E-state index contributed by atoms with van der Waals surface area (Å²) in [7, 11) is 2.36. The second kappa shape index (κ2) is 13.8. The minimum absolute atomic E-state index is 0.0136. The van der Waals surface area contributed by atoms with Gasteiger partial charge in [0.25, 0.3) is 0 Å². The Bertz CT molecular complexity index is 1930. The van der Waals surface area contributed by atoms with Crippen molar-refractivity contribution in [3.63, 3.8) is 0 Å². The molecule has 0 saturated carbocycles. The van der Waals surface area contributed by atoms with E-state index in [0.717, 1.165) is 12.1 Å². The van der Waals surface area contributed by atoms with Crippen LogP contribution in [0.4, 0.5) is 44.3 Å². The van der Waals surface area contributed by atoms with Crippen LogP contribution in [0.15, 0.2) is 54.1 Å². The lowest BCUT2D eigenvalue weighted by Gasteiger charge is -2.36. The van der Waals surface area contributed by atoms with Gasteiger partial charge in [-0.05, 0) is 102 Å². The van der Waals surface area contributed by atoms with Gasteiger partial charge in [-0.15, -0.1) is 0 Å². The molecule has 5 rings (SSSR count). The zero-order valence-electron chi connectivity index (χ0n) is 28.9. The van der Waals surface area contributed by atoms with E-state index in [4.69, 9.17) is 14.2 Å². The first-order valence-electron chi connectivity index (χ1n) is 16.1. The van der Waals surface area contributed by atoms with E-state index < -0.39 is 65.0 Å². The van der Waals surface area contributed by atoms with Crippen LogP contribution in [0.2, 0.25) is 0 Å². The van der Waals surface area contributed by atoms with Crippen LogP contribution in [0.5, 0.6) is 11.5 Å². The van der Waals surface area contributed by atoms with Crippen LogP contribution in [-0.4, -0.2) is 48.9 Å². The highest BCUT2D eigenvalue weighted by molar-refractivity contribution is 5.92. The van der Waals surface area contributed by atoms with E-state index in [2.05, 4.69) is 0 Å². The van der Waals surface area contributed by atoms with Crippen molar-refractivity contribution in [1.29, 1.82) is 0 Å². The van der Waals surface area contributed by atoms with E-state index in [1.807, 2.05) is 13.8 Å². The van der Waals surface area contributed by atoms with E-state index in [-0.39, 0.29) is 51.8 Å². The van der Waals surface area contributed by atoms with E-state index >= 15 is 0 Å². The van der Waals surface area contributed by atoms with E-state index in [0.29, 0.717) is 42.5 Å². The maximum atomic E-state index is 14.5. The van der Waals surface area contributed by atoms with Gasteiger partial charge in [-0.25, -0.2) is 9.59 Å². The number of carbonyl (C=O) groups is 2. The Morgan fingerprint density at radius 2 is 1.47 bits per heavy atom. The molecule has 0 radical (unpaired) electrons. The molecule has 1 heterocycles. The molecule has 2 atom stereocenters. The maximum absolute atomic E-state index is 14.5. The number of carboxylic acid groups (broad SMARTS) is 1. The minimum Gasteiger partial charge on any atom is -0.496 e. The third-order valence-corrected chi connectivity index (χ3v) is 9.58. The molecule has 0 aromatic heterocycles. The van der Waals surface area contributed by atoms with Gasteiger partial charge in [0.2, 0.25) is 0 Å². The van der Waals surface area contributed by atoms with Crippen molar-refractivity contribution in [3.8, 4) is 22.6 Å². The molecule has 1 aliphatic heterocycles. The number of rotatable bonds is 8. The Hall–Kier alpha value is -4.89. The fraction of sp³-hybridized carbons (Fsp3) is 0.405. The van der Waals surface area contributed by atoms with Gasteiger partial charge in [-0.2, -0.15) is 39.5 Å². The highest BCUT2D eigenvalue weighted by Crippen LogP contribution is 2.49. The summed E-state index contributed by atoms with van der Waals surface area (Å²) >= 11 is 0. The van der Waals surface area contributed by atoms with Crippen molar-refractivity contribution in [2.24, 2.45) is 5.41 Å². The predicted octanol–water partition coefficient (Wildman–Crippen LogP) is 10.7. The monoisotopic (exact) mass is 759 g/mol. The molecule has 0 unspecified atom stereocenters. The number of nitrogens with zero attached hydrogens (tertiary/aromatic N) is 1. The van der Waals surface area contributed by atoms with Crippen LogP contribution < -0.4 is 9.47 Å². The Kier molecular flexibility index (Phi) is 10.3. The van der Waals surface area contributed by atoms with Gasteiger partial charge >= 0.3 is 30.6 Å². The molecular weight excluding hydrogens is 725 g/mol. The molecule has 2 aliphatic rings. The molecule has 0 bridgehead atoms. The number of amides is 1. The molecule has 3 aromatic carbocycles. The smallest absolute Gasteiger partial charge is 0.417 e. The van der Waals surface area contributed by atoms with E-state index in [1.165, 1.54) is 44.2 Å². The van der Waals surface area contributed by atoms with Crippen LogP contribution >= 0.6 is 0 Å². The molecule has 1 amide bonds. The normalized spacial score (nSPS) is 19.4. The quantitative estimate of drug-likeness (QED) is 0.230. The molecule has 53 heavy (non-hydrogen) atoms. The number of aromatic carboxylic acids is 1. The summed E-state index contributed by atoms with van der Waals surface area (Å²) in [6.45, 7) is 5.08. The zero-order valence-corrected chi connectivity index (χ0v) is 28.9. The lowest BCUT2D eigenvalue weighted by Crippen LogP contribution is -2.35. The molecule has 7 nitrogen and oxygen atoms in total. The first-order chi connectivity index (χ1) is 24.4. The largest absolute Gasteiger partial charge is 0.496 e. The number of carbonyl (C=O) groups excluding carboxylic acids is 1. The van der Waals surface area contributed by atoms with Gasteiger partial charge in [-0.1, -0.05) is 19.9 Å². The SMILES string of the molecule is COc1cc(-c2cc(C3=C(CN4C(=O)O[C@H](c5cc(C(F)(F)F)cc(C(F)(F)F)c5)[C@@H]4C)CC(C)(C)CC3)c(OC)cc2C(F)(F)F)ccc1C(=O)O. The molecule has 1 aliphatic carbocycles. The molecule has 1 fully saturated rings. The number of hydrogen-bond donors (Lipinski definition) is 1. The minimum atomic E-state index is -5.13. The Balaban J connectivity index is 1.63. The number of methoxy groups -OCH3 is 2. The van der Waals surface area contributed by atoms with Crippen LogP contribution in [0.1, 0.15) is 84.3 Å². The Labute approximate surface area is 297 Å². The van der Waals surface area contributed by atoms with Gasteiger partial charge in [-0.3, -0.25) is 4.90 Å². The third-order valence-electron chi connectivity index (χ3n) is 9.58. The van der Waals surface area contributed by atoms with Crippen molar-refractivity contribution >= 4 is 17.6 Å². The highest BCUT2D eigenvalue weighted by Gasteiger charge is 2.45. The van der Waals surface area contributed by atoms with Gasteiger partial charge < -0.3 is 19.3 Å². The molecule has 16 heteroatoms. The first-order valence-corrected chi connectivity index (χ1v) is 16.1. The van der Waals surface area contributed by atoms with E-state index in [9.17, 15) is 54.2 Å². The zero-order chi connectivity index (χ0) is 39.4. The number of halogens is 9.